The number of hydrogen-bond donors (Lipinski definition) is 1. The van der Waals surface area contributed by atoms with Gasteiger partial charge in [0.15, 0.2) is 17.5 Å². The Kier molecular flexibility index (Phi) is 6.98. The fraction of sp³-hybridized carbons (Fsp3) is 0.300. The monoisotopic (exact) mass is 378 g/mol. The highest BCUT2D eigenvalue weighted by Gasteiger charge is 2.20. The standard InChI is InChI=1S/C20H21F3N2O2/c1-3-10-25(18(27)11-14-7-5-4-6-13(14)2)12-17(26)24-16-9-8-15(21)19(22)20(16)23/h4-9H,3,10-12H2,1-2H3,(H,24,26). The van der Waals surface area contributed by atoms with E-state index in [9.17, 15) is 22.8 Å². The first kappa shape index (κ1) is 20.5. The number of rotatable bonds is 7. The third-order valence-electron chi connectivity index (χ3n) is 4.09. The van der Waals surface area contributed by atoms with Crippen LogP contribution in [0.5, 0.6) is 0 Å². The van der Waals surface area contributed by atoms with Crippen molar-refractivity contribution in [2.45, 2.75) is 26.7 Å². The Morgan fingerprint density at radius 2 is 1.74 bits per heavy atom. The van der Waals surface area contributed by atoms with Crippen LogP contribution in [0.3, 0.4) is 0 Å². The Bertz CT molecular complexity index is 840. The number of halogens is 3. The summed E-state index contributed by atoms with van der Waals surface area (Å²) in [7, 11) is 0. The zero-order valence-corrected chi connectivity index (χ0v) is 15.2. The highest BCUT2D eigenvalue weighted by Crippen LogP contribution is 2.19. The van der Waals surface area contributed by atoms with Crippen LogP contribution < -0.4 is 5.32 Å². The lowest BCUT2D eigenvalue weighted by Gasteiger charge is -2.22. The van der Waals surface area contributed by atoms with Crippen molar-refractivity contribution in [2.24, 2.45) is 0 Å². The van der Waals surface area contributed by atoms with Crippen molar-refractivity contribution < 1.29 is 22.8 Å². The molecule has 0 saturated heterocycles. The summed E-state index contributed by atoms with van der Waals surface area (Å²) in [5.41, 5.74) is 1.35. The molecule has 2 rings (SSSR count). The van der Waals surface area contributed by atoms with Crippen molar-refractivity contribution in [1.82, 2.24) is 4.90 Å². The molecule has 0 unspecified atom stereocenters. The summed E-state index contributed by atoms with van der Waals surface area (Å²) < 4.78 is 39.9. The quantitative estimate of drug-likeness (QED) is 0.745. The molecule has 0 aromatic heterocycles. The summed E-state index contributed by atoms with van der Waals surface area (Å²) in [6.45, 7) is 3.79. The summed E-state index contributed by atoms with van der Waals surface area (Å²) in [5.74, 6) is -5.41. The van der Waals surface area contributed by atoms with Crippen LogP contribution in [-0.2, 0) is 16.0 Å². The maximum Gasteiger partial charge on any atom is 0.244 e. The minimum Gasteiger partial charge on any atom is -0.333 e. The first-order valence-corrected chi connectivity index (χ1v) is 8.59. The number of aryl methyl sites for hydroxylation is 1. The molecule has 0 heterocycles. The Labute approximate surface area is 156 Å². The zero-order valence-electron chi connectivity index (χ0n) is 15.2. The first-order valence-electron chi connectivity index (χ1n) is 8.59. The topological polar surface area (TPSA) is 49.4 Å². The van der Waals surface area contributed by atoms with Gasteiger partial charge in [-0.15, -0.1) is 0 Å². The molecule has 2 aromatic carbocycles. The van der Waals surface area contributed by atoms with Crippen LogP contribution in [0, 0.1) is 24.4 Å². The smallest absolute Gasteiger partial charge is 0.244 e. The van der Waals surface area contributed by atoms with Crippen LogP contribution in [-0.4, -0.2) is 29.8 Å². The van der Waals surface area contributed by atoms with Gasteiger partial charge in [0.05, 0.1) is 18.7 Å². The van der Waals surface area contributed by atoms with E-state index in [0.29, 0.717) is 13.0 Å². The van der Waals surface area contributed by atoms with E-state index in [4.69, 9.17) is 0 Å². The van der Waals surface area contributed by atoms with Gasteiger partial charge in [-0.3, -0.25) is 9.59 Å². The number of carbonyl (C=O) groups is 2. The molecule has 0 aliphatic rings. The van der Waals surface area contributed by atoms with E-state index in [1.807, 2.05) is 38.1 Å². The van der Waals surface area contributed by atoms with Crippen LogP contribution in [0.2, 0.25) is 0 Å². The fourth-order valence-corrected chi connectivity index (χ4v) is 2.63. The molecular weight excluding hydrogens is 357 g/mol. The maximum atomic E-state index is 13.7. The summed E-state index contributed by atoms with van der Waals surface area (Å²) in [4.78, 5) is 26.1. The fourth-order valence-electron chi connectivity index (χ4n) is 2.63. The maximum absolute atomic E-state index is 13.7. The van der Waals surface area contributed by atoms with Crippen LogP contribution in [0.15, 0.2) is 36.4 Å². The highest BCUT2D eigenvalue weighted by molar-refractivity contribution is 5.94. The summed E-state index contributed by atoms with van der Waals surface area (Å²) in [6, 6.07) is 9.10. The average molecular weight is 378 g/mol. The Balaban J connectivity index is 2.06. The number of hydrogen-bond acceptors (Lipinski definition) is 2. The third kappa shape index (κ3) is 5.32. The van der Waals surface area contributed by atoms with Crippen molar-refractivity contribution in [2.75, 3.05) is 18.4 Å². The predicted octanol–water partition coefficient (Wildman–Crippen LogP) is 3.83. The van der Waals surface area contributed by atoms with Gasteiger partial charge in [0.1, 0.15) is 0 Å². The van der Waals surface area contributed by atoms with Crippen LogP contribution in [0.1, 0.15) is 24.5 Å². The molecule has 0 saturated carbocycles. The van der Waals surface area contributed by atoms with Crippen LogP contribution in [0.25, 0.3) is 0 Å². The molecule has 2 aromatic rings. The van der Waals surface area contributed by atoms with Crippen molar-refractivity contribution in [3.63, 3.8) is 0 Å². The number of nitrogens with one attached hydrogen (secondary N) is 1. The van der Waals surface area contributed by atoms with E-state index in [0.717, 1.165) is 23.3 Å². The second-order valence-electron chi connectivity index (χ2n) is 6.19. The second-order valence-corrected chi connectivity index (χ2v) is 6.19. The number of nitrogens with zero attached hydrogens (tertiary/aromatic N) is 1. The van der Waals surface area contributed by atoms with Crippen LogP contribution in [0.4, 0.5) is 18.9 Å². The molecule has 0 fully saturated rings. The van der Waals surface area contributed by atoms with Gasteiger partial charge in [0.25, 0.3) is 0 Å². The van der Waals surface area contributed by atoms with E-state index in [-0.39, 0.29) is 18.9 Å². The van der Waals surface area contributed by atoms with E-state index in [1.54, 1.807) is 0 Å². The lowest BCUT2D eigenvalue weighted by molar-refractivity contribution is -0.134. The highest BCUT2D eigenvalue weighted by atomic mass is 19.2. The molecule has 4 nitrogen and oxygen atoms in total. The van der Waals surface area contributed by atoms with Crippen molar-refractivity contribution in [3.8, 4) is 0 Å². The zero-order chi connectivity index (χ0) is 20.0. The molecule has 0 atom stereocenters. The second kappa shape index (κ2) is 9.21. The van der Waals surface area contributed by atoms with E-state index in [2.05, 4.69) is 5.32 Å². The van der Waals surface area contributed by atoms with Gasteiger partial charge in [-0.2, -0.15) is 0 Å². The molecule has 2 amide bonds. The van der Waals surface area contributed by atoms with Gasteiger partial charge in [-0.05, 0) is 36.6 Å². The molecule has 7 heteroatoms. The van der Waals surface area contributed by atoms with Gasteiger partial charge < -0.3 is 10.2 Å². The molecular formula is C20H21F3N2O2. The molecule has 0 radical (unpaired) electrons. The number of anilines is 1. The van der Waals surface area contributed by atoms with Crippen LogP contribution >= 0.6 is 0 Å². The Hall–Kier alpha value is -2.83. The third-order valence-corrected chi connectivity index (χ3v) is 4.09. The molecule has 144 valence electrons. The Morgan fingerprint density at radius 1 is 1.04 bits per heavy atom. The van der Waals surface area contributed by atoms with Gasteiger partial charge in [0, 0.05) is 6.54 Å². The van der Waals surface area contributed by atoms with E-state index >= 15 is 0 Å². The van der Waals surface area contributed by atoms with Crippen molar-refractivity contribution in [3.05, 3.63) is 65.0 Å². The van der Waals surface area contributed by atoms with E-state index in [1.165, 1.54) is 4.90 Å². The van der Waals surface area contributed by atoms with Gasteiger partial charge in [-0.25, -0.2) is 13.2 Å². The van der Waals surface area contributed by atoms with Gasteiger partial charge >= 0.3 is 0 Å². The molecule has 0 aliphatic carbocycles. The summed E-state index contributed by atoms with van der Waals surface area (Å²) in [6.07, 6.45) is 0.770. The minimum atomic E-state index is -1.66. The Morgan fingerprint density at radius 3 is 2.41 bits per heavy atom. The van der Waals surface area contributed by atoms with Gasteiger partial charge in [-0.1, -0.05) is 31.2 Å². The largest absolute Gasteiger partial charge is 0.333 e. The predicted molar refractivity (Wildman–Crippen MR) is 96.7 cm³/mol. The van der Waals surface area contributed by atoms with Crippen molar-refractivity contribution >= 4 is 17.5 Å². The lowest BCUT2D eigenvalue weighted by atomic mass is 10.1. The normalized spacial score (nSPS) is 10.6. The number of amides is 2. The SMILES string of the molecule is CCCN(CC(=O)Nc1ccc(F)c(F)c1F)C(=O)Cc1ccccc1C. The molecule has 27 heavy (non-hydrogen) atoms. The molecule has 0 spiro atoms. The first-order chi connectivity index (χ1) is 12.8. The summed E-state index contributed by atoms with van der Waals surface area (Å²) >= 11 is 0. The number of carbonyl (C=O) groups excluding carboxylic acids is 2. The van der Waals surface area contributed by atoms with Crippen molar-refractivity contribution in [1.29, 1.82) is 0 Å². The number of benzene rings is 2. The van der Waals surface area contributed by atoms with E-state index < -0.39 is 29.0 Å². The van der Waals surface area contributed by atoms with Gasteiger partial charge in [0.2, 0.25) is 11.8 Å². The minimum absolute atomic E-state index is 0.138. The lowest BCUT2D eigenvalue weighted by Crippen LogP contribution is -2.39. The molecule has 0 aliphatic heterocycles. The molecule has 0 bridgehead atoms. The summed E-state index contributed by atoms with van der Waals surface area (Å²) in [5, 5.41) is 2.18. The average Bonchev–Trinajstić information content (AvgIpc) is 2.63. The molecule has 1 N–H and O–H groups in total.